The molecule has 0 spiro atoms. The second-order valence-electron chi connectivity index (χ2n) is 4.50. The monoisotopic (exact) mass is 222 g/mol. The van der Waals surface area contributed by atoms with Gasteiger partial charge in [0.2, 0.25) is 0 Å². The third-order valence-corrected chi connectivity index (χ3v) is 3.44. The van der Waals surface area contributed by atoms with E-state index in [-0.39, 0.29) is 0 Å². The van der Waals surface area contributed by atoms with Gasteiger partial charge in [-0.2, -0.15) is 0 Å². The zero-order valence-electron chi connectivity index (χ0n) is 9.72. The predicted octanol–water partition coefficient (Wildman–Crippen LogP) is 4.03. The van der Waals surface area contributed by atoms with Gasteiger partial charge in [-0.15, -0.1) is 0 Å². The van der Waals surface area contributed by atoms with Gasteiger partial charge in [0.25, 0.3) is 0 Å². The van der Waals surface area contributed by atoms with E-state index in [1.54, 1.807) is 6.07 Å². The van der Waals surface area contributed by atoms with Gasteiger partial charge in [-0.1, -0.05) is 49.4 Å². The summed E-state index contributed by atoms with van der Waals surface area (Å²) in [6, 6.07) is 14.0. The van der Waals surface area contributed by atoms with Gasteiger partial charge >= 0.3 is 0 Å². The van der Waals surface area contributed by atoms with Crippen molar-refractivity contribution in [1.29, 1.82) is 0 Å². The van der Waals surface area contributed by atoms with Crippen molar-refractivity contribution in [2.45, 2.75) is 12.8 Å². The highest BCUT2D eigenvalue weighted by atomic mass is 16.3. The number of benzene rings is 2. The Morgan fingerprint density at radius 1 is 0.882 bits per heavy atom. The fourth-order valence-corrected chi connectivity index (χ4v) is 2.49. The number of aromatic hydroxyl groups is 1. The molecule has 1 N–H and O–H groups in total. The summed E-state index contributed by atoms with van der Waals surface area (Å²) in [6.07, 6.45) is 4.27. The summed E-state index contributed by atoms with van der Waals surface area (Å²) in [6.45, 7) is 2.18. The molecule has 0 radical (unpaired) electrons. The van der Waals surface area contributed by atoms with E-state index in [4.69, 9.17) is 0 Å². The summed E-state index contributed by atoms with van der Waals surface area (Å²) in [5.41, 5.74) is 4.95. The third kappa shape index (κ3) is 1.64. The van der Waals surface area contributed by atoms with Crippen LogP contribution in [0.2, 0.25) is 0 Å². The van der Waals surface area contributed by atoms with Crippen molar-refractivity contribution in [3.63, 3.8) is 0 Å². The summed E-state index contributed by atoms with van der Waals surface area (Å²) in [7, 11) is 0. The molecule has 0 aliphatic heterocycles. The zero-order valence-corrected chi connectivity index (χ0v) is 9.72. The smallest absolute Gasteiger partial charge is 0.115 e. The van der Waals surface area contributed by atoms with Crippen molar-refractivity contribution in [2.24, 2.45) is 0 Å². The van der Waals surface area contributed by atoms with E-state index in [0.29, 0.717) is 11.7 Å². The molecule has 84 valence electrons. The lowest BCUT2D eigenvalue weighted by Crippen LogP contribution is -1.98. The maximum Gasteiger partial charge on any atom is 0.115 e. The summed E-state index contributed by atoms with van der Waals surface area (Å²) in [5.74, 6) is 0.645. The Balaban J connectivity index is 2.25. The van der Waals surface area contributed by atoms with Gasteiger partial charge < -0.3 is 5.11 Å². The van der Waals surface area contributed by atoms with Gasteiger partial charge in [0.1, 0.15) is 5.75 Å². The molecule has 1 heteroatoms. The van der Waals surface area contributed by atoms with Crippen molar-refractivity contribution < 1.29 is 5.11 Å². The standard InChI is InChI=1S/C16H14O/c1-11-15-5-3-2-4-12(15)6-7-13-8-9-14(17)10-16(11)13/h2-11,17H,1H3. The minimum absolute atomic E-state index is 0.309. The molecule has 3 rings (SSSR count). The Morgan fingerprint density at radius 2 is 1.59 bits per heavy atom. The average Bonchev–Trinajstić information content (AvgIpc) is 2.49. The number of hydrogen-bond acceptors (Lipinski definition) is 1. The molecule has 17 heavy (non-hydrogen) atoms. The molecule has 0 bridgehead atoms. The fourth-order valence-electron chi connectivity index (χ4n) is 2.49. The Hall–Kier alpha value is -2.02. The van der Waals surface area contributed by atoms with Crippen molar-refractivity contribution in [3.8, 4) is 5.75 Å². The van der Waals surface area contributed by atoms with Gasteiger partial charge in [0.15, 0.2) is 0 Å². The lowest BCUT2D eigenvalue weighted by molar-refractivity contribution is 0.474. The molecule has 1 unspecified atom stereocenters. The van der Waals surface area contributed by atoms with Crippen molar-refractivity contribution in [3.05, 3.63) is 64.7 Å². The molecule has 0 saturated carbocycles. The van der Waals surface area contributed by atoms with Gasteiger partial charge in [-0.25, -0.2) is 0 Å². The minimum Gasteiger partial charge on any atom is -0.508 e. The van der Waals surface area contributed by atoms with Crippen LogP contribution in [0.5, 0.6) is 5.75 Å². The van der Waals surface area contributed by atoms with Crippen LogP contribution in [0.15, 0.2) is 42.5 Å². The van der Waals surface area contributed by atoms with E-state index in [0.717, 1.165) is 0 Å². The van der Waals surface area contributed by atoms with Gasteiger partial charge in [0, 0.05) is 5.92 Å². The Labute approximate surface area is 101 Å². The van der Waals surface area contributed by atoms with E-state index in [2.05, 4.69) is 43.3 Å². The second kappa shape index (κ2) is 3.77. The Bertz CT molecular complexity index is 596. The van der Waals surface area contributed by atoms with E-state index < -0.39 is 0 Å². The van der Waals surface area contributed by atoms with Crippen molar-refractivity contribution in [1.82, 2.24) is 0 Å². The highest BCUT2D eigenvalue weighted by Gasteiger charge is 2.17. The van der Waals surface area contributed by atoms with Crippen molar-refractivity contribution in [2.75, 3.05) is 0 Å². The molecular formula is C16H14O. The topological polar surface area (TPSA) is 20.2 Å². The first-order valence-corrected chi connectivity index (χ1v) is 5.85. The lowest BCUT2D eigenvalue weighted by Gasteiger charge is -2.15. The SMILES string of the molecule is CC1c2ccccc2C=Cc2ccc(O)cc21. The highest BCUT2D eigenvalue weighted by Crippen LogP contribution is 2.35. The maximum atomic E-state index is 9.62. The molecule has 1 atom stereocenters. The third-order valence-electron chi connectivity index (χ3n) is 3.44. The first-order chi connectivity index (χ1) is 8.25. The van der Waals surface area contributed by atoms with Crippen LogP contribution in [0.25, 0.3) is 12.2 Å². The van der Waals surface area contributed by atoms with Crippen LogP contribution in [0.4, 0.5) is 0 Å². The summed E-state index contributed by atoms with van der Waals surface area (Å²) in [4.78, 5) is 0. The van der Waals surface area contributed by atoms with Crippen LogP contribution >= 0.6 is 0 Å². The molecule has 0 saturated heterocycles. The molecular weight excluding hydrogens is 208 g/mol. The number of hydrogen-bond donors (Lipinski definition) is 1. The predicted molar refractivity (Wildman–Crippen MR) is 71.0 cm³/mol. The second-order valence-corrected chi connectivity index (χ2v) is 4.50. The number of phenols is 1. The van der Waals surface area contributed by atoms with Crippen LogP contribution in [0.3, 0.4) is 0 Å². The molecule has 0 fully saturated rings. The molecule has 1 aliphatic carbocycles. The lowest BCUT2D eigenvalue weighted by atomic mass is 9.89. The first kappa shape index (κ1) is 10.2. The number of fused-ring (bicyclic) bond motifs is 2. The minimum atomic E-state index is 0.309. The average molecular weight is 222 g/mol. The Kier molecular flexibility index (Phi) is 2.25. The van der Waals surface area contributed by atoms with Gasteiger partial charge in [-0.05, 0) is 34.4 Å². The molecule has 1 aliphatic rings. The Morgan fingerprint density at radius 3 is 2.41 bits per heavy atom. The summed E-state index contributed by atoms with van der Waals surface area (Å²) >= 11 is 0. The van der Waals surface area contributed by atoms with Crippen LogP contribution in [-0.2, 0) is 0 Å². The molecule has 2 aromatic carbocycles. The molecule has 0 heterocycles. The van der Waals surface area contributed by atoms with Gasteiger partial charge in [-0.3, -0.25) is 0 Å². The van der Waals surface area contributed by atoms with Crippen molar-refractivity contribution >= 4 is 12.2 Å². The molecule has 0 aromatic heterocycles. The van der Waals surface area contributed by atoms with E-state index in [9.17, 15) is 5.11 Å². The first-order valence-electron chi connectivity index (χ1n) is 5.85. The largest absolute Gasteiger partial charge is 0.508 e. The normalized spacial score (nSPS) is 17.1. The molecule has 1 nitrogen and oxygen atoms in total. The molecule has 2 aromatic rings. The van der Waals surface area contributed by atoms with Crippen LogP contribution in [-0.4, -0.2) is 5.11 Å². The summed E-state index contributed by atoms with van der Waals surface area (Å²) < 4.78 is 0. The van der Waals surface area contributed by atoms with E-state index in [1.165, 1.54) is 22.3 Å². The molecule has 0 amide bonds. The summed E-state index contributed by atoms with van der Waals surface area (Å²) in [5, 5.41) is 9.62. The highest BCUT2D eigenvalue weighted by molar-refractivity contribution is 5.76. The van der Waals surface area contributed by atoms with E-state index >= 15 is 0 Å². The number of rotatable bonds is 0. The quantitative estimate of drug-likeness (QED) is 0.713. The van der Waals surface area contributed by atoms with Gasteiger partial charge in [0.05, 0.1) is 0 Å². The van der Waals surface area contributed by atoms with Crippen LogP contribution < -0.4 is 0 Å². The zero-order chi connectivity index (χ0) is 11.8. The van der Waals surface area contributed by atoms with Crippen LogP contribution in [0, 0.1) is 0 Å². The fraction of sp³-hybridized carbons (Fsp3) is 0.125. The van der Waals surface area contributed by atoms with E-state index in [1.807, 2.05) is 12.1 Å². The van der Waals surface area contributed by atoms with Crippen LogP contribution in [0.1, 0.15) is 35.1 Å². The number of phenolic OH excluding ortho intramolecular Hbond substituents is 1. The maximum absolute atomic E-state index is 9.62.